The summed E-state index contributed by atoms with van der Waals surface area (Å²) in [6.07, 6.45) is 4.58. The molecule has 2 unspecified atom stereocenters. The summed E-state index contributed by atoms with van der Waals surface area (Å²) in [6, 6.07) is 0. The highest BCUT2D eigenvalue weighted by molar-refractivity contribution is 7.54. The molecule has 1 aliphatic rings. The van der Waals surface area contributed by atoms with E-state index in [4.69, 9.17) is 8.74 Å². The van der Waals surface area contributed by atoms with E-state index in [0.29, 0.717) is 0 Å². The zero-order valence-corrected chi connectivity index (χ0v) is 16.5. The van der Waals surface area contributed by atoms with Gasteiger partial charge < -0.3 is 8.74 Å². The number of hydrogen-bond donors (Lipinski definition) is 0. The Kier molecular flexibility index (Phi) is 5.40. The molecule has 0 aliphatic heterocycles. The molecule has 0 N–H and O–H groups in total. The van der Waals surface area contributed by atoms with Crippen LogP contribution in [0.1, 0.15) is 60.3 Å². The van der Waals surface area contributed by atoms with Gasteiger partial charge in [0.15, 0.2) is 0 Å². The molecular weight excluding hydrogens is 287 g/mol. The number of hydrogen-bond acceptors (Lipinski definition) is 3. The van der Waals surface area contributed by atoms with Crippen LogP contribution in [0.3, 0.4) is 0 Å². The first-order valence-corrected chi connectivity index (χ1v) is 12.6. The van der Waals surface area contributed by atoms with Crippen LogP contribution in [0.15, 0.2) is 0 Å². The minimum atomic E-state index is -3.00. The van der Waals surface area contributed by atoms with Crippen LogP contribution in [-0.4, -0.2) is 21.1 Å². The van der Waals surface area contributed by atoms with Gasteiger partial charge >= 0.3 is 7.60 Å². The van der Waals surface area contributed by atoms with Crippen molar-refractivity contribution in [2.45, 2.75) is 84.5 Å². The van der Waals surface area contributed by atoms with Gasteiger partial charge in [0.25, 0.3) is 0 Å². The second-order valence-corrected chi connectivity index (χ2v) is 15.5. The fourth-order valence-corrected chi connectivity index (χ4v) is 7.90. The lowest BCUT2D eigenvalue weighted by atomic mass is 9.75. The summed E-state index contributed by atoms with van der Waals surface area (Å²) in [5.41, 5.74) is 0.0979. The molecule has 0 aromatic heterocycles. The van der Waals surface area contributed by atoms with E-state index in [1.807, 2.05) is 0 Å². The highest BCUT2D eigenvalue weighted by Gasteiger charge is 2.44. The molecule has 1 rings (SSSR count). The van der Waals surface area contributed by atoms with Gasteiger partial charge in [0.1, 0.15) is 0 Å². The average molecular weight is 320 g/mol. The van der Waals surface area contributed by atoms with Gasteiger partial charge in [0.2, 0.25) is 8.32 Å². The highest BCUT2D eigenvalue weighted by atomic mass is 31.2. The zero-order valence-electron chi connectivity index (χ0n) is 14.6. The van der Waals surface area contributed by atoms with Gasteiger partial charge in [0, 0.05) is 6.66 Å². The molecule has 1 fully saturated rings. The maximum atomic E-state index is 12.8. The van der Waals surface area contributed by atoms with Gasteiger partial charge in [-0.05, 0) is 36.4 Å². The van der Waals surface area contributed by atoms with E-state index in [-0.39, 0.29) is 16.6 Å². The van der Waals surface area contributed by atoms with Crippen LogP contribution in [-0.2, 0) is 13.3 Å². The van der Waals surface area contributed by atoms with Crippen molar-refractivity contribution in [3.8, 4) is 0 Å². The summed E-state index contributed by atoms with van der Waals surface area (Å²) in [7, 11) is -5.06. The summed E-state index contributed by atoms with van der Waals surface area (Å²) in [5.74, 6) is 0. The van der Waals surface area contributed by atoms with Crippen LogP contribution in [0.2, 0.25) is 18.1 Å². The molecule has 0 amide bonds. The van der Waals surface area contributed by atoms with Gasteiger partial charge in [-0.25, -0.2) is 0 Å². The van der Waals surface area contributed by atoms with Crippen molar-refractivity contribution in [1.29, 1.82) is 0 Å². The maximum Gasteiger partial charge on any atom is 0.318 e. The summed E-state index contributed by atoms with van der Waals surface area (Å²) in [5, 5.41) is 0.0457. The monoisotopic (exact) mass is 320 g/mol. The van der Waals surface area contributed by atoms with E-state index >= 15 is 0 Å². The van der Waals surface area contributed by atoms with Crippen molar-refractivity contribution in [1.82, 2.24) is 0 Å². The Morgan fingerprint density at radius 3 is 2.20 bits per heavy atom. The van der Waals surface area contributed by atoms with Gasteiger partial charge in [-0.15, -0.1) is 0 Å². The lowest BCUT2D eigenvalue weighted by molar-refractivity contribution is 0.0274. The molecule has 0 heterocycles. The van der Waals surface area contributed by atoms with Gasteiger partial charge in [-0.3, -0.25) is 4.57 Å². The molecule has 0 spiro atoms. The second-order valence-electron chi connectivity index (χ2n) is 8.45. The Morgan fingerprint density at radius 1 is 1.20 bits per heavy atom. The first-order chi connectivity index (χ1) is 8.77. The third kappa shape index (κ3) is 4.69. The summed E-state index contributed by atoms with van der Waals surface area (Å²) < 4.78 is 24.9. The molecule has 5 heteroatoms. The van der Waals surface area contributed by atoms with E-state index in [2.05, 4.69) is 47.7 Å². The van der Waals surface area contributed by atoms with Gasteiger partial charge in [-0.2, -0.15) is 0 Å². The Labute approximate surface area is 126 Å². The maximum absolute atomic E-state index is 12.8. The summed E-state index contributed by atoms with van der Waals surface area (Å²) >= 11 is 0. The van der Waals surface area contributed by atoms with E-state index < -0.39 is 15.9 Å². The van der Waals surface area contributed by atoms with Crippen molar-refractivity contribution in [3.05, 3.63) is 0 Å². The van der Waals surface area contributed by atoms with Crippen LogP contribution >= 0.6 is 7.60 Å². The van der Waals surface area contributed by atoms with Crippen molar-refractivity contribution in [2.24, 2.45) is 5.41 Å². The number of rotatable bonds is 4. The molecule has 0 aromatic rings. The predicted octanol–water partition coefficient (Wildman–Crippen LogP) is 5.82. The van der Waals surface area contributed by atoms with E-state index in [1.165, 1.54) is 6.42 Å². The molecule has 120 valence electrons. The van der Waals surface area contributed by atoms with Crippen LogP contribution in [0.5, 0.6) is 0 Å². The molecule has 0 bridgehead atoms. The lowest BCUT2D eigenvalue weighted by Crippen LogP contribution is -2.41. The third-order valence-corrected chi connectivity index (χ3v) is 12.3. The van der Waals surface area contributed by atoms with Crippen LogP contribution < -0.4 is 0 Å². The SMILES string of the molecule is CC1(C)CCCCC1OP(C)(=O)O[Si](C)(C)C(C)(C)C. The molecule has 0 radical (unpaired) electrons. The molecule has 1 aliphatic carbocycles. The fourth-order valence-electron chi connectivity index (χ4n) is 2.46. The summed E-state index contributed by atoms with van der Waals surface area (Å²) in [4.78, 5) is 0. The first-order valence-electron chi connectivity index (χ1n) is 7.74. The van der Waals surface area contributed by atoms with Crippen molar-refractivity contribution in [2.75, 3.05) is 6.66 Å². The molecule has 2 atom stereocenters. The minimum absolute atomic E-state index is 0.0457. The topological polar surface area (TPSA) is 35.5 Å². The largest absolute Gasteiger partial charge is 0.350 e. The molecular formula is C15H33O3PSi. The van der Waals surface area contributed by atoms with Crippen LogP contribution in [0.25, 0.3) is 0 Å². The van der Waals surface area contributed by atoms with Crippen molar-refractivity contribution in [3.63, 3.8) is 0 Å². The molecule has 3 nitrogen and oxygen atoms in total. The quantitative estimate of drug-likeness (QED) is 0.484. The fraction of sp³-hybridized carbons (Fsp3) is 1.00. The third-order valence-electron chi connectivity index (χ3n) is 4.93. The first kappa shape index (κ1) is 18.4. The smallest absolute Gasteiger partial charge is 0.318 e. The normalized spacial score (nSPS) is 27.1. The zero-order chi connectivity index (χ0) is 15.8. The lowest BCUT2D eigenvalue weighted by Gasteiger charge is -2.42. The Balaban J connectivity index is 2.77. The predicted molar refractivity (Wildman–Crippen MR) is 88.9 cm³/mol. The molecule has 0 saturated heterocycles. The van der Waals surface area contributed by atoms with E-state index in [0.717, 1.165) is 19.3 Å². The van der Waals surface area contributed by atoms with Gasteiger partial charge in [0.05, 0.1) is 6.10 Å². The summed E-state index contributed by atoms with van der Waals surface area (Å²) in [6.45, 7) is 16.8. The van der Waals surface area contributed by atoms with Crippen LogP contribution in [0.4, 0.5) is 0 Å². The minimum Gasteiger partial charge on any atom is -0.350 e. The Bertz CT molecular complexity index is 385. The Hall–Kier alpha value is 0.367. The molecule has 1 saturated carbocycles. The molecule has 20 heavy (non-hydrogen) atoms. The van der Waals surface area contributed by atoms with Gasteiger partial charge in [-0.1, -0.05) is 47.5 Å². The van der Waals surface area contributed by atoms with E-state index in [1.54, 1.807) is 6.66 Å². The van der Waals surface area contributed by atoms with Crippen molar-refractivity contribution >= 4 is 15.9 Å². The molecule has 0 aromatic carbocycles. The Morgan fingerprint density at radius 2 is 1.75 bits per heavy atom. The average Bonchev–Trinajstić information content (AvgIpc) is 2.17. The highest BCUT2D eigenvalue weighted by Crippen LogP contribution is 2.55. The van der Waals surface area contributed by atoms with E-state index in [9.17, 15) is 4.57 Å². The van der Waals surface area contributed by atoms with Crippen molar-refractivity contribution < 1.29 is 13.3 Å². The standard InChI is InChI=1S/C15H33O3PSi/c1-14(2,3)20(7,8)18-19(6,16)17-13-11-9-10-12-15(13,4)5/h13H,9-12H2,1-8H3. The van der Waals surface area contributed by atoms with Crippen LogP contribution in [0, 0.1) is 5.41 Å². The second kappa shape index (κ2) is 5.87.